The van der Waals surface area contributed by atoms with Gasteiger partial charge in [0.15, 0.2) is 0 Å². The van der Waals surface area contributed by atoms with E-state index in [4.69, 9.17) is 22.1 Å². The van der Waals surface area contributed by atoms with Crippen molar-refractivity contribution in [1.82, 2.24) is 5.32 Å². The van der Waals surface area contributed by atoms with E-state index in [1.807, 2.05) is 19.1 Å². The fourth-order valence-electron chi connectivity index (χ4n) is 1.60. The summed E-state index contributed by atoms with van der Waals surface area (Å²) in [6, 6.07) is 7.33. The molecule has 2 atom stereocenters. The van der Waals surface area contributed by atoms with Gasteiger partial charge in [-0.15, -0.1) is 0 Å². The van der Waals surface area contributed by atoms with Crippen molar-refractivity contribution in [3.63, 3.8) is 0 Å². The minimum absolute atomic E-state index is 0.0648. The molecule has 0 aliphatic carbocycles. The minimum Gasteiger partial charge on any atom is -0.380 e. The SMILES string of the molecule is COC(CN)CC(=O)N[C@H](C)c1ccc(Cl)cc1. The number of ether oxygens (including phenoxy) is 1. The predicted molar refractivity (Wildman–Crippen MR) is 72.5 cm³/mol. The average molecular weight is 271 g/mol. The molecule has 0 spiro atoms. The number of hydrogen-bond acceptors (Lipinski definition) is 3. The van der Waals surface area contributed by atoms with Crippen LogP contribution in [0.15, 0.2) is 24.3 Å². The molecular formula is C13H19ClN2O2. The fraction of sp³-hybridized carbons (Fsp3) is 0.462. The van der Waals surface area contributed by atoms with Gasteiger partial charge in [-0.1, -0.05) is 23.7 Å². The summed E-state index contributed by atoms with van der Waals surface area (Å²) in [5, 5.41) is 3.58. The highest BCUT2D eigenvalue weighted by atomic mass is 35.5. The third-order valence-corrected chi connectivity index (χ3v) is 3.01. The normalized spacial score (nSPS) is 14.0. The van der Waals surface area contributed by atoms with E-state index in [0.29, 0.717) is 11.6 Å². The second-order valence-electron chi connectivity index (χ2n) is 4.14. The molecule has 1 aromatic rings. The number of amides is 1. The first-order chi connectivity index (χ1) is 8.56. The Morgan fingerprint density at radius 1 is 1.44 bits per heavy atom. The Balaban J connectivity index is 2.51. The molecule has 1 aromatic carbocycles. The standard InChI is InChI=1S/C13H19ClN2O2/c1-9(10-3-5-11(14)6-4-10)16-13(17)7-12(8-15)18-2/h3-6,9,12H,7-8,15H2,1-2H3,(H,16,17)/t9-,12?/m1/s1. The second-order valence-corrected chi connectivity index (χ2v) is 4.57. The molecule has 4 nitrogen and oxygen atoms in total. The van der Waals surface area contributed by atoms with Crippen LogP contribution in [0.2, 0.25) is 5.02 Å². The molecule has 1 rings (SSSR count). The average Bonchev–Trinajstić information content (AvgIpc) is 2.36. The van der Waals surface area contributed by atoms with Crippen molar-refractivity contribution in [3.8, 4) is 0 Å². The molecule has 0 aromatic heterocycles. The molecular weight excluding hydrogens is 252 g/mol. The molecule has 5 heteroatoms. The van der Waals surface area contributed by atoms with E-state index in [9.17, 15) is 4.79 Å². The van der Waals surface area contributed by atoms with E-state index in [1.54, 1.807) is 19.2 Å². The van der Waals surface area contributed by atoms with E-state index < -0.39 is 0 Å². The maximum atomic E-state index is 11.7. The lowest BCUT2D eigenvalue weighted by atomic mass is 10.1. The quantitative estimate of drug-likeness (QED) is 0.830. The number of rotatable bonds is 6. The van der Waals surface area contributed by atoms with E-state index in [-0.39, 0.29) is 24.5 Å². The molecule has 0 aliphatic rings. The predicted octanol–water partition coefficient (Wildman–Crippen LogP) is 1.88. The van der Waals surface area contributed by atoms with Crippen molar-refractivity contribution in [2.45, 2.75) is 25.5 Å². The van der Waals surface area contributed by atoms with Gasteiger partial charge in [-0.3, -0.25) is 4.79 Å². The van der Waals surface area contributed by atoms with Crippen LogP contribution < -0.4 is 11.1 Å². The topological polar surface area (TPSA) is 64.3 Å². The summed E-state index contributed by atoms with van der Waals surface area (Å²) in [7, 11) is 1.55. The van der Waals surface area contributed by atoms with E-state index in [1.165, 1.54) is 0 Å². The Labute approximate surface area is 112 Å². The molecule has 0 heterocycles. The number of nitrogens with one attached hydrogen (secondary N) is 1. The maximum Gasteiger partial charge on any atom is 0.223 e. The van der Waals surface area contributed by atoms with Crippen LogP contribution in [0.1, 0.15) is 24.9 Å². The van der Waals surface area contributed by atoms with Crippen LogP contribution in [0.5, 0.6) is 0 Å². The fourth-order valence-corrected chi connectivity index (χ4v) is 1.73. The van der Waals surface area contributed by atoms with Crippen LogP contribution in [0.4, 0.5) is 0 Å². The van der Waals surface area contributed by atoms with Crippen LogP contribution in [-0.2, 0) is 9.53 Å². The summed E-state index contributed by atoms with van der Waals surface area (Å²) in [6.07, 6.45) is 0.0349. The molecule has 18 heavy (non-hydrogen) atoms. The lowest BCUT2D eigenvalue weighted by molar-refractivity contribution is -0.124. The van der Waals surface area contributed by atoms with Crippen LogP contribution in [0.25, 0.3) is 0 Å². The highest BCUT2D eigenvalue weighted by molar-refractivity contribution is 6.30. The molecule has 0 aliphatic heterocycles. The van der Waals surface area contributed by atoms with Crippen LogP contribution in [0.3, 0.4) is 0 Å². The molecule has 1 amide bonds. The monoisotopic (exact) mass is 270 g/mol. The Morgan fingerprint density at radius 3 is 2.56 bits per heavy atom. The minimum atomic E-state index is -0.234. The Bertz CT molecular complexity index is 377. The highest BCUT2D eigenvalue weighted by Crippen LogP contribution is 2.16. The van der Waals surface area contributed by atoms with Gasteiger partial charge in [-0.25, -0.2) is 0 Å². The number of methoxy groups -OCH3 is 1. The first kappa shape index (κ1) is 15.0. The highest BCUT2D eigenvalue weighted by Gasteiger charge is 2.14. The summed E-state index contributed by atoms with van der Waals surface area (Å²) in [4.78, 5) is 11.7. The molecule has 0 radical (unpaired) electrons. The number of hydrogen-bond donors (Lipinski definition) is 2. The number of carbonyl (C=O) groups excluding carboxylic acids is 1. The van der Waals surface area contributed by atoms with Gasteiger partial charge in [-0.05, 0) is 24.6 Å². The third-order valence-electron chi connectivity index (χ3n) is 2.76. The largest absolute Gasteiger partial charge is 0.380 e. The lowest BCUT2D eigenvalue weighted by Gasteiger charge is -2.17. The van der Waals surface area contributed by atoms with Crippen LogP contribution in [0, 0.1) is 0 Å². The summed E-state index contributed by atoms with van der Waals surface area (Å²) >= 11 is 5.81. The zero-order valence-corrected chi connectivity index (χ0v) is 11.4. The van der Waals surface area contributed by atoms with Gasteiger partial charge in [0.2, 0.25) is 5.91 Å². The molecule has 0 saturated heterocycles. The smallest absolute Gasteiger partial charge is 0.223 e. The first-order valence-electron chi connectivity index (χ1n) is 5.84. The van der Waals surface area contributed by atoms with Crippen molar-refractivity contribution in [2.75, 3.05) is 13.7 Å². The van der Waals surface area contributed by atoms with Gasteiger partial charge in [0.25, 0.3) is 0 Å². The zero-order chi connectivity index (χ0) is 13.5. The summed E-state index contributed by atoms with van der Waals surface area (Å²) in [5.41, 5.74) is 6.48. The Hall–Kier alpha value is -1.10. The van der Waals surface area contributed by atoms with Gasteiger partial charge >= 0.3 is 0 Å². The summed E-state index contributed by atoms with van der Waals surface area (Å²) in [6.45, 7) is 2.25. The van der Waals surface area contributed by atoms with Crippen molar-refractivity contribution in [1.29, 1.82) is 0 Å². The lowest BCUT2D eigenvalue weighted by Crippen LogP contribution is -2.33. The van der Waals surface area contributed by atoms with E-state index >= 15 is 0 Å². The van der Waals surface area contributed by atoms with Crippen molar-refractivity contribution < 1.29 is 9.53 Å². The zero-order valence-electron chi connectivity index (χ0n) is 10.7. The third kappa shape index (κ3) is 4.64. The van der Waals surface area contributed by atoms with E-state index in [2.05, 4.69) is 5.32 Å². The number of benzene rings is 1. The van der Waals surface area contributed by atoms with Gasteiger partial charge in [0.1, 0.15) is 0 Å². The summed E-state index contributed by atoms with van der Waals surface area (Å²) < 4.78 is 5.07. The van der Waals surface area contributed by atoms with Gasteiger partial charge < -0.3 is 15.8 Å². The first-order valence-corrected chi connectivity index (χ1v) is 6.22. The van der Waals surface area contributed by atoms with Crippen molar-refractivity contribution in [3.05, 3.63) is 34.9 Å². The number of halogens is 1. The van der Waals surface area contributed by atoms with Crippen molar-refractivity contribution in [2.24, 2.45) is 5.73 Å². The van der Waals surface area contributed by atoms with Gasteiger partial charge in [0, 0.05) is 18.7 Å². The molecule has 0 saturated carbocycles. The Kier molecular flexibility index (Phi) is 6.12. The van der Waals surface area contributed by atoms with Gasteiger partial charge in [0.05, 0.1) is 18.6 Å². The second kappa shape index (κ2) is 7.36. The molecule has 100 valence electrons. The molecule has 0 bridgehead atoms. The van der Waals surface area contributed by atoms with Crippen LogP contribution >= 0.6 is 11.6 Å². The molecule has 3 N–H and O–H groups in total. The maximum absolute atomic E-state index is 11.7. The van der Waals surface area contributed by atoms with Gasteiger partial charge in [-0.2, -0.15) is 0 Å². The van der Waals surface area contributed by atoms with Crippen LogP contribution in [-0.4, -0.2) is 25.7 Å². The number of carbonyl (C=O) groups is 1. The summed E-state index contributed by atoms with van der Waals surface area (Å²) in [5.74, 6) is -0.0743. The molecule has 1 unspecified atom stereocenters. The van der Waals surface area contributed by atoms with Crippen molar-refractivity contribution >= 4 is 17.5 Å². The van der Waals surface area contributed by atoms with E-state index in [0.717, 1.165) is 5.56 Å². The number of nitrogens with two attached hydrogens (primary N) is 1. The molecule has 0 fully saturated rings. The Morgan fingerprint density at radius 2 is 2.06 bits per heavy atom.